The third kappa shape index (κ3) is 4.08. The maximum atomic E-state index is 8.94. The molecule has 92 valence electrons. The van der Waals surface area contributed by atoms with Gasteiger partial charge in [0.25, 0.3) is 0 Å². The van der Waals surface area contributed by atoms with Crippen LogP contribution in [0.3, 0.4) is 0 Å². The summed E-state index contributed by atoms with van der Waals surface area (Å²) in [7, 11) is 0. The van der Waals surface area contributed by atoms with Crippen LogP contribution in [0.5, 0.6) is 0 Å². The van der Waals surface area contributed by atoms with Crippen molar-refractivity contribution in [1.82, 2.24) is 9.97 Å². The normalized spacial score (nSPS) is 9.94. The van der Waals surface area contributed by atoms with Crippen LogP contribution in [-0.4, -0.2) is 16.5 Å². The summed E-state index contributed by atoms with van der Waals surface area (Å²) in [6, 6.07) is 1.97. The average molecular weight is 254 g/mol. The van der Waals surface area contributed by atoms with Crippen LogP contribution in [0, 0.1) is 11.3 Å². The van der Waals surface area contributed by atoms with E-state index in [9.17, 15) is 0 Å². The molecule has 0 bridgehead atoms. The topological polar surface area (TPSA) is 87.6 Å². The lowest BCUT2D eigenvalue weighted by molar-refractivity contribution is 0.684. The van der Waals surface area contributed by atoms with Gasteiger partial charge in [-0.05, 0) is 6.42 Å². The van der Waals surface area contributed by atoms with Gasteiger partial charge in [0.1, 0.15) is 11.6 Å². The summed E-state index contributed by atoms with van der Waals surface area (Å²) in [5, 5.41) is 12.1. The molecule has 1 heterocycles. The molecule has 1 rings (SSSR count). The van der Waals surface area contributed by atoms with Crippen LogP contribution < -0.4 is 11.1 Å². The van der Waals surface area contributed by atoms with Crippen molar-refractivity contribution in [3.63, 3.8) is 0 Å². The van der Waals surface area contributed by atoms with Crippen LogP contribution in [0.15, 0.2) is 0 Å². The summed E-state index contributed by atoms with van der Waals surface area (Å²) in [5.41, 5.74) is 5.73. The molecule has 0 saturated heterocycles. The Morgan fingerprint density at radius 1 is 1.35 bits per heavy atom. The molecule has 0 aliphatic rings. The van der Waals surface area contributed by atoms with Crippen molar-refractivity contribution in [3.05, 3.63) is 10.7 Å². The van der Waals surface area contributed by atoms with E-state index in [1.54, 1.807) is 0 Å². The van der Waals surface area contributed by atoms with Crippen molar-refractivity contribution in [3.8, 4) is 6.07 Å². The van der Waals surface area contributed by atoms with Gasteiger partial charge >= 0.3 is 0 Å². The molecule has 0 aliphatic carbocycles. The number of hydrogen-bond acceptors (Lipinski definition) is 5. The molecule has 5 nitrogen and oxygen atoms in total. The maximum absolute atomic E-state index is 8.94. The number of nitriles is 1. The predicted octanol–water partition coefficient (Wildman–Crippen LogP) is 2.58. The fraction of sp³-hybridized carbons (Fsp3) is 0.545. The number of hydrogen-bond donors (Lipinski definition) is 2. The Labute approximate surface area is 106 Å². The molecular formula is C11H16ClN5. The third-order valence-corrected chi connectivity index (χ3v) is 2.59. The highest BCUT2D eigenvalue weighted by Gasteiger charge is 2.10. The molecule has 0 radical (unpaired) electrons. The van der Waals surface area contributed by atoms with E-state index < -0.39 is 0 Å². The van der Waals surface area contributed by atoms with Gasteiger partial charge in [-0.2, -0.15) is 15.2 Å². The van der Waals surface area contributed by atoms with Gasteiger partial charge in [-0.15, -0.1) is 0 Å². The molecule has 0 saturated carbocycles. The Kier molecular flexibility index (Phi) is 5.50. The van der Waals surface area contributed by atoms with Crippen LogP contribution in [0.25, 0.3) is 0 Å². The zero-order valence-corrected chi connectivity index (χ0v) is 10.6. The minimum atomic E-state index is 0.0741. The highest BCUT2D eigenvalue weighted by atomic mass is 35.5. The first-order valence-electron chi connectivity index (χ1n) is 5.66. The van der Waals surface area contributed by atoms with Gasteiger partial charge in [0.2, 0.25) is 5.95 Å². The zero-order chi connectivity index (χ0) is 12.7. The first kappa shape index (κ1) is 13.5. The summed E-state index contributed by atoms with van der Waals surface area (Å²) in [4.78, 5) is 7.70. The minimum Gasteiger partial charge on any atom is -0.369 e. The molecular weight excluding hydrogens is 238 g/mol. The van der Waals surface area contributed by atoms with E-state index in [1.807, 2.05) is 6.07 Å². The van der Waals surface area contributed by atoms with Crippen molar-refractivity contribution >= 4 is 23.4 Å². The molecule has 3 N–H and O–H groups in total. The molecule has 1 aromatic heterocycles. The van der Waals surface area contributed by atoms with Crippen molar-refractivity contribution in [2.24, 2.45) is 0 Å². The molecule has 17 heavy (non-hydrogen) atoms. The zero-order valence-electron chi connectivity index (χ0n) is 9.83. The lowest BCUT2D eigenvalue weighted by atomic mass is 10.2. The van der Waals surface area contributed by atoms with E-state index in [4.69, 9.17) is 22.6 Å². The Hall–Kier alpha value is -1.54. The average Bonchev–Trinajstić information content (AvgIpc) is 2.28. The molecule has 0 spiro atoms. The second-order valence-corrected chi connectivity index (χ2v) is 4.05. The maximum Gasteiger partial charge on any atom is 0.223 e. The number of nitrogen functional groups attached to an aromatic ring is 1. The number of rotatable bonds is 6. The van der Waals surface area contributed by atoms with Gasteiger partial charge < -0.3 is 11.1 Å². The van der Waals surface area contributed by atoms with Gasteiger partial charge in [-0.3, -0.25) is 0 Å². The first-order valence-corrected chi connectivity index (χ1v) is 6.03. The van der Waals surface area contributed by atoms with Gasteiger partial charge in [0.05, 0.1) is 0 Å². The Bertz CT molecular complexity index is 413. The lowest BCUT2D eigenvalue weighted by Crippen LogP contribution is -2.08. The summed E-state index contributed by atoms with van der Waals surface area (Å²) < 4.78 is 0. The summed E-state index contributed by atoms with van der Waals surface area (Å²) >= 11 is 5.80. The number of nitrogens with two attached hydrogens (primary N) is 1. The SMILES string of the molecule is CCCCCCNc1nc(N)nc(Cl)c1C#N. The minimum absolute atomic E-state index is 0.0741. The van der Waals surface area contributed by atoms with Crippen molar-refractivity contribution in [2.45, 2.75) is 32.6 Å². The number of nitrogens with one attached hydrogen (secondary N) is 1. The van der Waals surface area contributed by atoms with Gasteiger partial charge in [-0.25, -0.2) is 0 Å². The second-order valence-electron chi connectivity index (χ2n) is 3.70. The van der Waals surface area contributed by atoms with E-state index in [2.05, 4.69) is 22.2 Å². The van der Waals surface area contributed by atoms with Crippen LogP contribution in [0.2, 0.25) is 5.15 Å². The fourth-order valence-corrected chi connectivity index (χ4v) is 1.65. The van der Waals surface area contributed by atoms with E-state index in [0.29, 0.717) is 5.82 Å². The van der Waals surface area contributed by atoms with Crippen molar-refractivity contribution in [2.75, 3.05) is 17.6 Å². The molecule has 0 aromatic carbocycles. The quantitative estimate of drug-likeness (QED) is 0.601. The molecule has 0 atom stereocenters. The first-order chi connectivity index (χ1) is 8.19. The number of halogens is 1. The summed E-state index contributed by atoms with van der Waals surface area (Å²) in [5.74, 6) is 0.492. The smallest absolute Gasteiger partial charge is 0.223 e. The monoisotopic (exact) mass is 253 g/mol. The molecule has 6 heteroatoms. The number of nitrogens with zero attached hydrogens (tertiary/aromatic N) is 3. The number of unbranched alkanes of at least 4 members (excludes halogenated alkanes) is 3. The molecule has 0 unspecified atom stereocenters. The van der Waals surface area contributed by atoms with E-state index in [1.165, 1.54) is 12.8 Å². The van der Waals surface area contributed by atoms with Crippen LogP contribution in [0.1, 0.15) is 38.2 Å². The Balaban J connectivity index is 2.61. The predicted molar refractivity (Wildman–Crippen MR) is 68.8 cm³/mol. The molecule has 0 aliphatic heterocycles. The van der Waals surface area contributed by atoms with E-state index in [0.717, 1.165) is 19.4 Å². The van der Waals surface area contributed by atoms with E-state index in [-0.39, 0.29) is 16.7 Å². The van der Waals surface area contributed by atoms with Crippen LogP contribution in [0.4, 0.5) is 11.8 Å². The largest absolute Gasteiger partial charge is 0.369 e. The van der Waals surface area contributed by atoms with Gasteiger partial charge in [0, 0.05) is 6.54 Å². The van der Waals surface area contributed by atoms with Crippen molar-refractivity contribution < 1.29 is 0 Å². The Morgan fingerprint density at radius 3 is 2.76 bits per heavy atom. The fourth-order valence-electron chi connectivity index (χ4n) is 1.44. The summed E-state index contributed by atoms with van der Waals surface area (Å²) in [6.07, 6.45) is 4.58. The molecule has 0 amide bonds. The number of aromatic nitrogens is 2. The van der Waals surface area contributed by atoms with Gasteiger partial charge in [0.15, 0.2) is 11.0 Å². The highest BCUT2D eigenvalue weighted by molar-refractivity contribution is 6.31. The van der Waals surface area contributed by atoms with Crippen LogP contribution in [-0.2, 0) is 0 Å². The molecule has 1 aromatic rings. The Morgan fingerprint density at radius 2 is 2.12 bits per heavy atom. The lowest BCUT2D eigenvalue weighted by Gasteiger charge is -2.08. The second kappa shape index (κ2) is 6.92. The van der Waals surface area contributed by atoms with Crippen molar-refractivity contribution in [1.29, 1.82) is 5.26 Å². The van der Waals surface area contributed by atoms with Crippen LogP contribution >= 0.6 is 11.6 Å². The van der Waals surface area contributed by atoms with E-state index >= 15 is 0 Å². The third-order valence-electron chi connectivity index (χ3n) is 2.32. The molecule has 0 fully saturated rings. The highest BCUT2D eigenvalue weighted by Crippen LogP contribution is 2.20. The standard InChI is InChI=1S/C11H16ClN5/c1-2-3-4-5-6-15-10-8(7-13)9(12)16-11(14)17-10/h2-6H2,1H3,(H3,14,15,16,17). The summed E-state index contributed by atoms with van der Waals surface area (Å²) in [6.45, 7) is 2.91. The van der Waals surface area contributed by atoms with Gasteiger partial charge in [-0.1, -0.05) is 37.8 Å². The number of anilines is 2.